The molecular formula is C13H21F7S. The summed E-state index contributed by atoms with van der Waals surface area (Å²) < 4.78 is 91.4. The SMILES string of the molecule is CC1CCC(C2CCC(S(F)(F)(F)(F)F)C(F)C2)C(F)C1. The lowest BCUT2D eigenvalue weighted by molar-refractivity contribution is 0.0491. The zero-order valence-electron chi connectivity index (χ0n) is 11.8. The molecule has 0 aromatic heterocycles. The Morgan fingerprint density at radius 1 is 0.762 bits per heavy atom. The molecule has 8 heteroatoms. The molecule has 0 saturated heterocycles. The Kier molecular flexibility index (Phi) is 3.84. The molecule has 0 aromatic carbocycles. The van der Waals surface area contributed by atoms with Gasteiger partial charge >= 0.3 is 0 Å². The van der Waals surface area contributed by atoms with Crippen LogP contribution in [-0.4, -0.2) is 17.6 Å². The molecule has 0 spiro atoms. The summed E-state index contributed by atoms with van der Waals surface area (Å²) in [5, 5.41) is -3.16. The summed E-state index contributed by atoms with van der Waals surface area (Å²) in [5.74, 6) is -0.837. The highest BCUT2D eigenvalue weighted by Crippen LogP contribution is 3.01. The molecule has 2 saturated carbocycles. The largest absolute Gasteiger partial charge is 0.290 e. The molecule has 0 amide bonds. The lowest BCUT2D eigenvalue weighted by Crippen LogP contribution is -2.43. The fourth-order valence-corrected chi connectivity index (χ4v) is 5.13. The number of hydrogen-bond donors (Lipinski definition) is 0. The van der Waals surface area contributed by atoms with E-state index in [1.165, 1.54) is 0 Å². The van der Waals surface area contributed by atoms with Gasteiger partial charge in [0.1, 0.15) is 17.6 Å². The van der Waals surface area contributed by atoms with Gasteiger partial charge in [0.15, 0.2) is 0 Å². The Labute approximate surface area is 120 Å². The maximum Gasteiger partial charge on any atom is 0.290 e. The van der Waals surface area contributed by atoms with Crippen molar-refractivity contribution in [1.29, 1.82) is 0 Å². The highest BCUT2D eigenvalue weighted by molar-refractivity contribution is 8.46. The Morgan fingerprint density at radius 3 is 1.86 bits per heavy atom. The van der Waals surface area contributed by atoms with Crippen molar-refractivity contribution in [2.24, 2.45) is 17.8 Å². The molecule has 6 atom stereocenters. The summed E-state index contributed by atoms with van der Waals surface area (Å²) in [4.78, 5) is 0. The quantitative estimate of drug-likeness (QED) is 0.498. The van der Waals surface area contributed by atoms with Crippen LogP contribution in [0.4, 0.5) is 28.2 Å². The van der Waals surface area contributed by atoms with Gasteiger partial charge in [-0.25, -0.2) is 8.78 Å². The Bertz CT molecular complexity index is 392. The van der Waals surface area contributed by atoms with Crippen LogP contribution in [0, 0.1) is 17.8 Å². The minimum atomic E-state index is -9.81. The highest BCUT2D eigenvalue weighted by Gasteiger charge is 2.72. The van der Waals surface area contributed by atoms with Crippen LogP contribution in [0.2, 0.25) is 0 Å². The molecule has 2 aliphatic rings. The van der Waals surface area contributed by atoms with Gasteiger partial charge in [-0.3, -0.25) is 0 Å². The molecule has 2 aliphatic carbocycles. The summed E-state index contributed by atoms with van der Waals surface area (Å²) in [6.45, 7) is 1.89. The minimum absolute atomic E-state index is 0.170. The third kappa shape index (κ3) is 3.99. The second kappa shape index (κ2) is 4.68. The first-order chi connectivity index (χ1) is 9.27. The maximum absolute atomic E-state index is 14.0. The van der Waals surface area contributed by atoms with Gasteiger partial charge in [0, 0.05) is 0 Å². The van der Waals surface area contributed by atoms with Crippen molar-refractivity contribution in [3.63, 3.8) is 0 Å². The first-order valence-electron chi connectivity index (χ1n) is 7.29. The summed E-state index contributed by atoms with van der Waals surface area (Å²) in [6, 6.07) is 0. The molecule has 128 valence electrons. The standard InChI is InChI=1S/C13H21F7S/c1-8-2-4-10(11(14)6-8)9-3-5-13(12(15)7-9)21(16,17,18,19)20/h8-13H,2-7H2,1H3. The Balaban J connectivity index is 2.05. The molecule has 6 unspecified atom stereocenters. The van der Waals surface area contributed by atoms with E-state index in [0.29, 0.717) is 12.8 Å². The summed E-state index contributed by atoms with van der Waals surface area (Å²) in [6.07, 6.45) is -3.91. The Morgan fingerprint density at radius 2 is 1.38 bits per heavy atom. The number of alkyl halides is 2. The van der Waals surface area contributed by atoms with Gasteiger partial charge in [-0.2, -0.15) is 0 Å². The van der Waals surface area contributed by atoms with Crippen LogP contribution in [0.25, 0.3) is 0 Å². The molecule has 2 fully saturated rings. The van der Waals surface area contributed by atoms with Gasteiger partial charge in [0.25, 0.3) is 10.2 Å². The zero-order chi connectivity index (χ0) is 16.1. The van der Waals surface area contributed by atoms with Crippen LogP contribution in [-0.2, 0) is 0 Å². The fraction of sp³-hybridized carbons (Fsp3) is 1.00. The van der Waals surface area contributed by atoms with E-state index >= 15 is 0 Å². The van der Waals surface area contributed by atoms with Crippen LogP contribution in [0.1, 0.15) is 45.4 Å². The van der Waals surface area contributed by atoms with Crippen LogP contribution in [0.3, 0.4) is 0 Å². The average Bonchev–Trinajstić information content (AvgIpc) is 2.24. The van der Waals surface area contributed by atoms with Crippen molar-refractivity contribution in [3.8, 4) is 0 Å². The van der Waals surface area contributed by atoms with Crippen LogP contribution in [0.5, 0.6) is 0 Å². The normalized spacial score (nSPS) is 45.7. The molecule has 0 bridgehead atoms. The van der Waals surface area contributed by atoms with Crippen LogP contribution < -0.4 is 0 Å². The van der Waals surface area contributed by atoms with Gasteiger partial charge in [-0.05, 0) is 49.9 Å². The molecule has 2 rings (SSSR count). The van der Waals surface area contributed by atoms with E-state index in [0.717, 1.165) is 6.42 Å². The second-order valence-corrected chi connectivity index (χ2v) is 9.42. The molecular weight excluding hydrogens is 321 g/mol. The predicted molar refractivity (Wildman–Crippen MR) is 70.6 cm³/mol. The smallest absolute Gasteiger partial charge is 0.247 e. The van der Waals surface area contributed by atoms with Crippen molar-refractivity contribution in [3.05, 3.63) is 0 Å². The van der Waals surface area contributed by atoms with E-state index in [9.17, 15) is 28.2 Å². The van der Waals surface area contributed by atoms with E-state index in [1.807, 2.05) is 6.92 Å². The van der Waals surface area contributed by atoms with Gasteiger partial charge < -0.3 is 0 Å². The molecule has 0 heterocycles. The van der Waals surface area contributed by atoms with Crippen molar-refractivity contribution in [2.45, 2.75) is 63.0 Å². The lowest BCUT2D eigenvalue weighted by Gasteiger charge is -2.51. The van der Waals surface area contributed by atoms with E-state index in [1.54, 1.807) is 0 Å². The minimum Gasteiger partial charge on any atom is -0.247 e. The number of hydrogen-bond acceptors (Lipinski definition) is 0. The van der Waals surface area contributed by atoms with Crippen molar-refractivity contribution < 1.29 is 28.2 Å². The summed E-state index contributed by atoms with van der Waals surface area (Å²) in [7, 11) is -9.81. The van der Waals surface area contributed by atoms with E-state index in [4.69, 9.17) is 0 Å². The summed E-state index contributed by atoms with van der Waals surface area (Å²) in [5.41, 5.74) is 0. The van der Waals surface area contributed by atoms with E-state index in [-0.39, 0.29) is 12.3 Å². The maximum atomic E-state index is 14.0. The van der Waals surface area contributed by atoms with Gasteiger partial charge in [-0.15, -0.1) is 0 Å². The lowest BCUT2D eigenvalue weighted by atomic mass is 9.70. The average molecular weight is 342 g/mol. The van der Waals surface area contributed by atoms with Crippen molar-refractivity contribution in [2.75, 3.05) is 0 Å². The first kappa shape index (κ1) is 17.2. The summed E-state index contributed by atoms with van der Waals surface area (Å²) >= 11 is 0. The molecule has 0 N–H and O–H groups in total. The molecule has 0 aromatic rings. The van der Waals surface area contributed by atoms with Crippen LogP contribution >= 0.6 is 10.2 Å². The highest BCUT2D eigenvalue weighted by atomic mass is 32.5. The molecule has 0 nitrogen and oxygen atoms in total. The Hall–Kier alpha value is -0.140. The fourth-order valence-electron chi connectivity index (χ4n) is 3.87. The molecule has 0 radical (unpaired) electrons. The molecule has 0 aliphatic heterocycles. The predicted octanol–water partition coefficient (Wildman–Crippen LogP) is 6.57. The number of rotatable bonds is 2. The van der Waals surface area contributed by atoms with Gasteiger partial charge in [-0.1, -0.05) is 32.8 Å². The van der Waals surface area contributed by atoms with Gasteiger partial charge in [0.05, 0.1) is 0 Å². The van der Waals surface area contributed by atoms with Crippen LogP contribution in [0.15, 0.2) is 0 Å². The van der Waals surface area contributed by atoms with E-state index in [2.05, 4.69) is 0 Å². The van der Waals surface area contributed by atoms with Crippen molar-refractivity contribution in [1.82, 2.24) is 0 Å². The van der Waals surface area contributed by atoms with E-state index < -0.39 is 52.5 Å². The zero-order valence-corrected chi connectivity index (χ0v) is 12.6. The first-order valence-corrected chi connectivity index (χ1v) is 9.30. The topological polar surface area (TPSA) is 0 Å². The third-order valence-electron chi connectivity index (χ3n) is 5.02. The van der Waals surface area contributed by atoms with Crippen molar-refractivity contribution >= 4 is 10.2 Å². The van der Waals surface area contributed by atoms with Gasteiger partial charge in [0.2, 0.25) is 0 Å². The monoisotopic (exact) mass is 342 g/mol. The third-order valence-corrected chi connectivity index (χ3v) is 6.69. The molecule has 21 heavy (non-hydrogen) atoms. The second-order valence-electron chi connectivity index (χ2n) is 6.75. The number of halogens is 7.